The molecule has 1 aliphatic rings. The summed E-state index contributed by atoms with van der Waals surface area (Å²) in [5.74, 6) is -0.609. The molecule has 0 bridgehead atoms. The summed E-state index contributed by atoms with van der Waals surface area (Å²) in [6.07, 6.45) is 0.361. The van der Waals surface area contributed by atoms with Crippen molar-refractivity contribution >= 4 is 32.4 Å². The quantitative estimate of drug-likeness (QED) is 0.571. The van der Waals surface area contributed by atoms with Gasteiger partial charge in [-0.05, 0) is 61.2 Å². The minimum atomic E-state index is -3.21. The van der Waals surface area contributed by atoms with Crippen LogP contribution in [0.5, 0.6) is 0 Å². The molecule has 1 aromatic heterocycles. The topological polar surface area (TPSA) is 87.9 Å². The molecule has 1 fully saturated rings. The lowest BCUT2D eigenvalue weighted by atomic mass is 10.1. The molecular weight excluding hydrogens is 440 g/mol. The Kier molecular flexibility index (Phi) is 6.05. The fourth-order valence-corrected chi connectivity index (χ4v) is 5.87. The van der Waals surface area contributed by atoms with Crippen LogP contribution in [0.25, 0.3) is 11.0 Å². The van der Waals surface area contributed by atoms with Gasteiger partial charge >= 0.3 is 0 Å². The molecule has 0 saturated carbocycles. The smallest absolute Gasteiger partial charge is 0.290 e. The molecule has 2 aromatic carbocycles. The summed E-state index contributed by atoms with van der Waals surface area (Å²) in [6.45, 7) is 4.05. The SMILES string of the molecule is Cc1cc2oc(C(=O)N(Cc3ccc(N(C)C)cc3)C3CCS(=O)(=O)C3)cc(=O)c2cc1C. The van der Waals surface area contributed by atoms with Crippen molar-refractivity contribution in [3.05, 3.63) is 75.1 Å². The van der Waals surface area contributed by atoms with Gasteiger partial charge in [-0.15, -0.1) is 0 Å². The van der Waals surface area contributed by atoms with Crippen molar-refractivity contribution in [2.24, 2.45) is 0 Å². The molecule has 1 unspecified atom stereocenters. The molecule has 1 aliphatic heterocycles. The van der Waals surface area contributed by atoms with E-state index in [1.807, 2.05) is 57.1 Å². The zero-order valence-corrected chi connectivity index (χ0v) is 20.1. The maximum absolute atomic E-state index is 13.6. The van der Waals surface area contributed by atoms with E-state index in [1.165, 1.54) is 11.0 Å². The third-order valence-electron chi connectivity index (χ3n) is 6.27. The number of aryl methyl sites for hydroxylation is 2. The Hall–Kier alpha value is -3.13. The first-order valence-electron chi connectivity index (χ1n) is 10.9. The van der Waals surface area contributed by atoms with Crippen LogP contribution in [0.4, 0.5) is 5.69 Å². The van der Waals surface area contributed by atoms with Gasteiger partial charge in [-0.25, -0.2) is 8.42 Å². The zero-order valence-electron chi connectivity index (χ0n) is 19.3. The predicted molar refractivity (Wildman–Crippen MR) is 130 cm³/mol. The van der Waals surface area contributed by atoms with Crippen LogP contribution in [0.3, 0.4) is 0 Å². The average molecular weight is 469 g/mol. The average Bonchev–Trinajstić information content (AvgIpc) is 3.12. The summed E-state index contributed by atoms with van der Waals surface area (Å²) >= 11 is 0. The highest BCUT2D eigenvalue weighted by Gasteiger charge is 2.36. The Labute approximate surface area is 193 Å². The number of sulfone groups is 1. The molecule has 0 N–H and O–H groups in total. The fraction of sp³-hybridized carbons (Fsp3) is 0.360. The van der Waals surface area contributed by atoms with Gasteiger partial charge in [0.25, 0.3) is 5.91 Å². The van der Waals surface area contributed by atoms with Crippen molar-refractivity contribution in [2.75, 3.05) is 30.5 Å². The van der Waals surface area contributed by atoms with E-state index in [-0.39, 0.29) is 29.2 Å². The highest BCUT2D eigenvalue weighted by molar-refractivity contribution is 7.91. The van der Waals surface area contributed by atoms with E-state index in [0.717, 1.165) is 22.4 Å². The normalized spacial score (nSPS) is 17.3. The number of nitrogens with zero attached hydrogens (tertiary/aromatic N) is 2. The summed E-state index contributed by atoms with van der Waals surface area (Å²) < 4.78 is 30.2. The number of anilines is 1. The molecule has 3 aromatic rings. The van der Waals surface area contributed by atoms with Gasteiger partial charge in [0.15, 0.2) is 21.0 Å². The lowest BCUT2D eigenvalue weighted by molar-refractivity contribution is 0.0648. The van der Waals surface area contributed by atoms with Crippen molar-refractivity contribution < 1.29 is 17.6 Å². The van der Waals surface area contributed by atoms with Gasteiger partial charge < -0.3 is 14.2 Å². The van der Waals surface area contributed by atoms with E-state index >= 15 is 0 Å². The highest BCUT2D eigenvalue weighted by Crippen LogP contribution is 2.25. The molecule has 33 heavy (non-hydrogen) atoms. The molecular formula is C25H28N2O5S. The molecule has 2 heterocycles. The Morgan fingerprint density at radius 1 is 1.06 bits per heavy atom. The second-order valence-corrected chi connectivity index (χ2v) is 11.2. The summed E-state index contributed by atoms with van der Waals surface area (Å²) in [5, 5.41) is 0.420. The minimum Gasteiger partial charge on any atom is -0.451 e. The van der Waals surface area contributed by atoms with E-state index in [9.17, 15) is 18.0 Å². The van der Waals surface area contributed by atoms with E-state index in [1.54, 1.807) is 12.1 Å². The van der Waals surface area contributed by atoms with Crippen LogP contribution in [0.15, 0.2) is 51.7 Å². The number of carbonyl (C=O) groups is 1. The number of rotatable bonds is 5. The van der Waals surface area contributed by atoms with Crippen molar-refractivity contribution in [3.63, 3.8) is 0 Å². The molecule has 8 heteroatoms. The van der Waals surface area contributed by atoms with Gasteiger partial charge in [-0.1, -0.05) is 12.1 Å². The first-order valence-corrected chi connectivity index (χ1v) is 12.7. The molecule has 0 aliphatic carbocycles. The minimum absolute atomic E-state index is 0.0428. The second kappa shape index (κ2) is 8.67. The van der Waals surface area contributed by atoms with Crippen LogP contribution in [0, 0.1) is 13.8 Å². The van der Waals surface area contributed by atoms with Crippen molar-refractivity contribution in [1.82, 2.24) is 4.90 Å². The molecule has 1 amide bonds. The van der Waals surface area contributed by atoms with Gasteiger partial charge in [0, 0.05) is 38.4 Å². The van der Waals surface area contributed by atoms with Crippen molar-refractivity contribution in [2.45, 2.75) is 32.9 Å². The van der Waals surface area contributed by atoms with Gasteiger partial charge in [0.1, 0.15) is 5.58 Å². The molecule has 174 valence electrons. The molecule has 1 atom stereocenters. The first-order chi connectivity index (χ1) is 15.5. The maximum atomic E-state index is 13.6. The number of carbonyl (C=O) groups excluding carboxylic acids is 1. The van der Waals surface area contributed by atoms with Crippen LogP contribution < -0.4 is 10.3 Å². The number of amides is 1. The van der Waals surface area contributed by atoms with Crippen molar-refractivity contribution in [3.8, 4) is 0 Å². The third-order valence-corrected chi connectivity index (χ3v) is 8.02. The van der Waals surface area contributed by atoms with E-state index in [4.69, 9.17) is 4.42 Å². The van der Waals surface area contributed by atoms with E-state index in [0.29, 0.717) is 17.4 Å². The summed E-state index contributed by atoms with van der Waals surface area (Å²) in [6, 6.07) is 12.0. The Morgan fingerprint density at radius 3 is 2.33 bits per heavy atom. The maximum Gasteiger partial charge on any atom is 0.290 e. The Balaban J connectivity index is 1.72. The molecule has 1 saturated heterocycles. The highest BCUT2D eigenvalue weighted by atomic mass is 32.2. The first kappa shape index (κ1) is 23.0. The lowest BCUT2D eigenvalue weighted by Gasteiger charge is -2.28. The summed E-state index contributed by atoms with van der Waals surface area (Å²) in [7, 11) is 0.675. The van der Waals surface area contributed by atoms with Crippen LogP contribution in [-0.4, -0.2) is 50.9 Å². The van der Waals surface area contributed by atoms with Gasteiger partial charge in [0.05, 0.1) is 16.9 Å². The van der Waals surface area contributed by atoms with Gasteiger partial charge in [-0.3, -0.25) is 9.59 Å². The van der Waals surface area contributed by atoms with Crippen molar-refractivity contribution in [1.29, 1.82) is 0 Å². The van der Waals surface area contributed by atoms with Crippen LogP contribution >= 0.6 is 0 Å². The van der Waals surface area contributed by atoms with E-state index in [2.05, 4.69) is 0 Å². The number of hydrogen-bond acceptors (Lipinski definition) is 6. The summed E-state index contributed by atoms with van der Waals surface area (Å²) in [4.78, 5) is 29.8. The molecule has 7 nitrogen and oxygen atoms in total. The lowest BCUT2D eigenvalue weighted by Crippen LogP contribution is -2.40. The van der Waals surface area contributed by atoms with E-state index < -0.39 is 21.8 Å². The second-order valence-electron chi connectivity index (χ2n) is 8.96. The Morgan fingerprint density at radius 2 is 1.73 bits per heavy atom. The van der Waals surface area contributed by atoms with Crippen LogP contribution in [0.1, 0.15) is 33.7 Å². The number of fused-ring (bicyclic) bond motifs is 1. The third kappa shape index (κ3) is 4.80. The molecule has 0 radical (unpaired) electrons. The zero-order chi connectivity index (χ0) is 23.9. The number of hydrogen-bond donors (Lipinski definition) is 0. The standard InChI is InChI=1S/C25H28N2O5S/c1-16-11-21-22(28)13-24(32-23(21)12-17(16)2)25(29)27(20-9-10-33(30,31)15-20)14-18-5-7-19(8-6-18)26(3)4/h5-8,11-13,20H,9-10,14-15H2,1-4H3. The van der Waals surface area contributed by atoms with Gasteiger partial charge in [0.2, 0.25) is 0 Å². The monoisotopic (exact) mass is 468 g/mol. The fourth-order valence-electron chi connectivity index (χ4n) is 4.14. The summed E-state index contributed by atoms with van der Waals surface area (Å²) in [5.41, 5.74) is 3.86. The van der Waals surface area contributed by atoms with Crippen LogP contribution in [0.2, 0.25) is 0 Å². The Bertz CT molecular complexity index is 1370. The number of benzene rings is 2. The molecule has 0 spiro atoms. The van der Waals surface area contributed by atoms with Gasteiger partial charge in [-0.2, -0.15) is 0 Å². The van der Waals surface area contributed by atoms with Crippen LogP contribution in [-0.2, 0) is 16.4 Å². The molecule has 4 rings (SSSR count). The largest absolute Gasteiger partial charge is 0.451 e. The predicted octanol–water partition coefficient (Wildman–Crippen LogP) is 3.31.